The SMILES string of the molecule is O=C(NC1(c2nc(-c3cnccn3)no2)CCCCC1)c1ccccc1. The van der Waals surface area contributed by atoms with E-state index < -0.39 is 5.54 Å². The van der Waals surface area contributed by atoms with Crippen LogP contribution in [0.2, 0.25) is 0 Å². The van der Waals surface area contributed by atoms with Crippen molar-refractivity contribution in [3.63, 3.8) is 0 Å². The van der Waals surface area contributed by atoms with Gasteiger partial charge in [0.1, 0.15) is 11.2 Å². The molecule has 26 heavy (non-hydrogen) atoms. The Morgan fingerprint density at radius 3 is 2.62 bits per heavy atom. The van der Waals surface area contributed by atoms with Crippen LogP contribution in [-0.4, -0.2) is 26.0 Å². The van der Waals surface area contributed by atoms with Crippen molar-refractivity contribution in [3.8, 4) is 11.5 Å². The van der Waals surface area contributed by atoms with Crippen LogP contribution in [0, 0.1) is 0 Å². The molecule has 0 unspecified atom stereocenters. The second kappa shape index (κ2) is 7.03. The Kier molecular flexibility index (Phi) is 4.43. The van der Waals surface area contributed by atoms with Gasteiger partial charge in [-0.3, -0.25) is 9.78 Å². The molecule has 0 radical (unpaired) electrons. The highest BCUT2D eigenvalue weighted by molar-refractivity contribution is 5.94. The van der Waals surface area contributed by atoms with Crippen LogP contribution in [0.5, 0.6) is 0 Å². The molecule has 1 amide bonds. The first-order valence-electron chi connectivity index (χ1n) is 8.75. The second-order valence-electron chi connectivity index (χ2n) is 6.48. The molecule has 1 aromatic carbocycles. The van der Waals surface area contributed by atoms with E-state index in [9.17, 15) is 4.79 Å². The molecule has 1 N–H and O–H groups in total. The first-order chi connectivity index (χ1) is 12.8. The molecule has 1 aliphatic rings. The van der Waals surface area contributed by atoms with E-state index in [-0.39, 0.29) is 5.91 Å². The fourth-order valence-electron chi connectivity index (χ4n) is 3.36. The van der Waals surface area contributed by atoms with Crippen molar-refractivity contribution in [2.45, 2.75) is 37.6 Å². The number of benzene rings is 1. The van der Waals surface area contributed by atoms with Gasteiger partial charge in [0.15, 0.2) is 0 Å². The molecule has 1 saturated carbocycles. The Labute approximate surface area is 150 Å². The topological polar surface area (TPSA) is 93.8 Å². The Balaban J connectivity index is 1.65. The molecule has 1 fully saturated rings. The molecule has 0 atom stereocenters. The van der Waals surface area contributed by atoms with Gasteiger partial charge in [0.05, 0.1) is 6.20 Å². The van der Waals surface area contributed by atoms with E-state index in [0.29, 0.717) is 23.0 Å². The van der Waals surface area contributed by atoms with Crippen LogP contribution in [0.3, 0.4) is 0 Å². The van der Waals surface area contributed by atoms with Crippen molar-refractivity contribution >= 4 is 5.91 Å². The molecule has 0 aliphatic heterocycles. The first kappa shape index (κ1) is 16.4. The molecule has 0 saturated heterocycles. The molecular weight excluding hydrogens is 330 g/mol. The number of carbonyl (C=O) groups excluding carboxylic acids is 1. The van der Waals surface area contributed by atoms with E-state index >= 15 is 0 Å². The summed E-state index contributed by atoms with van der Waals surface area (Å²) in [5, 5.41) is 7.21. The van der Waals surface area contributed by atoms with Gasteiger partial charge in [0, 0.05) is 18.0 Å². The minimum atomic E-state index is -0.640. The summed E-state index contributed by atoms with van der Waals surface area (Å²) in [7, 11) is 0. The smallest absolute Gasteiger partial charge is 0.252 e. The van der Waals surface area contributed by atoms with Crippen molar-refractivity contribution in [2.24, 2.45) is 0 Å². The maximum absolute atomic E-state index is 12.7. The van der Waals surface area contributed by atoms with E-state index in [1.165, 1.54) is 0 Å². The lowest BCUT2D eigenvalue weighted by Crippen LogP contribution is -2.47. The van der Waals surface area contributed by atoms with Gasteiger partial charge in [0.2, 0.25) is 5.82 Å². The molecule has 0 spiro atoms. The van der Waals surface area contributed by atoms with Crippen molar-refractivity contribution < 1.29 is 9.32 Å². The van der Waals surface area contributed by atoms with Crippen molar-refractivity contribution in [1.82, 2.24) is 25.4 Å². The zero-order valence-corrected chi connectivity index (χ0v) is 14.3. The van der Waals surface area contributed by atoms with E-state index in [2.05, 4.69) is 25.4 Å². The fourth-order valence-corrected chi connectivity index (χ4v) is 3.36. The molecule has 4 rings (SSSR count). The van der Waals surface area contributed by atoms with E-state index in [0.717, 1.165) is 32.1 Å². The summed E-state index contributed by atoms with van der Waals surface area (Å²) in [5.41, 5.74) is 0.521. The quantitative estimate of drug-likeness (QED) is 0.778. The summed E-state index contributed by atoms with van der Waals surface area (Å²) in [4.78, 5) is 25.5. The van der Waals surface area contributed by atoms with Crippen LogP contribution in [0.4, 0.5) is 0 Å². The lowest BCUT2D eigenvalue weighted by Gasteiger charge is -2.34. The summed E-state index contributed by atoms with van der Waals surface area (Å²) < 4.78 is 5.56. The highest BCUT2D eigenvalue weighted by Gasteiger charge is 2.41. The van der Waals surface area contributed by atoms with Gasteiger partial charge < -0.3 is 9.84 Å². The average Bonchev–Trinajstić information content (AvgIpc) is 3.21. The molecular formula is C19H19N5O2. The summed E-state index contributed by atoms with van der Waals surface area (Å²) in [5.74, 6) is 0.681. The second-order valence-corrected chi connectivity index (χ2v) is 6.48. The minimum Gasteiger partial charge on any atom is -0.338 e. The molecule has 0 bridgehead atoms. The van der Waals surface area contributed by atoms with Crippen LogP contribution >= 0.6 is 0 Å². The number of carbonyl (C=O) groups is 1. The highest BCUT2D eigenvalue weighted by Crippen LogP contribution is 2.37. The molecule has 7 heteroatoms. The van der Waals surface area contributed by atoms with Crippen molar-refractivity contribution in [2.75, 3.05) is 0 Å². The van der Waals surface area contributed by atoms with Crippen LogP contribution in [-0.2, 0) is 5.54 Å². The number of hydrogen-bond donors (Lipinski definition) is 1. The molecule has 2 aromatic heterocycles. The average molecular weight is 349 g/mol. The Hall–Kier alpha value is -3.09. The van der Waals surface area contributed by atoms with Gasteiger partial charge >= 0.3 is 0 Å². The normalized spacial score (nSPS) is 16.2. The largest absolute Gasteiger partial charge is 0.338 e. The third-order valence-electron chi connectivity index (χ3n) is 4.72. The van der Waals surface area contributed by atoms with E-state index in [1.54, 1.807) is 30.7 Å². The summed E-state index contributed by atoms with van der Waals surface area (Å²) in [6.07, 6.45) is 9.43. The van der Waals surface area contributed by atoms with Gasteiger partial charge in [-0.1, -0.05) is 42.6 Å². The van der Waals surface area contributed by atoms with Crippen molar-refractivity contribution in [1.29, 1.82) is 0 Å². The molecule has 132 valence electrons. The van der Waals surface area contributed by atoms with Gasteiger partial charge in [-0.2, -0.15) is 4.98 Å². The molecule has 7 nitrogen and oxygen atoms in total. The third kappa shape index (κ3) is 3.20. The van der Waals surface area contributed by atoms with Crippen LogP contribution < -0.4 is 5.32 Å². The lowest BCUT2D eigenvalue weighted by molar-refractivity contribution is 0.0824. The zero-order valence-electron chi connectivity index (χ0n) is 14.3. The summed E-state index contributed by atoms with van der Waals surface area (Å²) in [6, 6.07) is 9.18. The number of hydrogen-bond acceptors (Lipinski definition) is 6. The monoisotopic (exact) mass is 349 g/mol. The van der Waals surface area contributed by atoms with E-state index in [4.69, 9.17) is 4.52 Å². The lowest BCUT2D eigenvalue weighted by atomic mass is 9.81. The number of amides is 1. The predicted molar refractivity (Wildman–Crippen MR) is 94.0 cm³/mol. The van der Waals surface area contributed by atoms with Crippen LogP contribution in [0.1, 0.15) is 48.4 Å². The Morgan fingerprint density at radius 2 is 1.88 bits per heavy atom. The summed E-state index contributed by atoms with van der Waals surface area (Å²) in [6.45, 7) is 0. The fraction of sp³-hybridized carbons (Fsp3) is 0.316. The highest BCUT2D eigenvalue weighted by atomic mass is 16.5. The molecule has 3 aromatic rings. The van der Waals surface area contributed by atoms with Gasteiger partial charge in [-0.05, 0) is 25.0 Å². The minimum absolute atomic E-state index is 0.133. The molecule has 2 heterocycles. The number of rotatable bonds is 4. The Morgan fingerprint density at radius 1 is 1.08 bits per heavy atom. The number of aromatic nitrogens is 4. The zero-order chi connectivity index (χ0) is 17.8. The predicted octanol–water partition coefficient (Wildman–Crippen LogP) is 3.12. The summed E-state index contributed by atoms with van der Waals surface area (Å²) >= 11 is 0. The van der Waals surface area contributed by atoms with Crippen molar-refractivity contribution in [3.05, 3.63) is 60.4 Å². The van der Waals surface area contributed by atoms with Gasteiger partial charge in [-0.15, -0.1) is 0 Å². The standard InChI is InChI=1S/C19H19N5O2/c25-17(14-7-3-1-4-8-14)23-19(9-5-2-6-10-19)18-22-16(24-26-18)15-13-20-11-12-21-15/h1,3-4,7-8,11-13H,2,5-6,9-10H2,(H,23,25). The number of nitrogens with one attached hydrogen (secondary N) is 1. The maximum Gasteiger partial charge on any atom is 0.252 e. The first-order valence-corrected chi connectivity index (χ1v) is 8.75. The van der Waals surface area contributed by atoms with Crippen LogP contribution in [0.25, 0.3) is 11.5 Å². The van der Waals surface area contributed by atoms with Crippen LogP contribution in [0.15, 0.2) is 53.4 Å². The van der Waals surface area contributed by atoms with Gasteiger partial charge in [0.25, 0.3) is 11.8 Å². The third-order valence-corrected chi connectivity index (χ3v) is 4.72. The van der Waals surface area contributed by atoms with E-state index in [1.807, 2.05) is 18.2 Å². The number of nitrogens with zero attached hydrogens (tertiary/aromatic N) is 4. The Bertz CT molecular complexity index is 873. The van der Waals surface area contributed by atoms with Gasteiger partial charge in [-0.25, -0.2) is 4.98 Å². The molecule has 1 aliphatic carbocycles. The maximum atomic E-state index is 12.7.